The molecule has 0 fully saturated rings. The fourth-order valence-electron chi connectivity index (χ4n) is 4.12. The number of carbonyl (C=O) groups excluding carboxylic acids is 5. The second-order valence-corrected chi connectivity index (χ2v) is 10.00. The maximum Gasteiger partial charge on any atom is 0.326 e. The van der Waals surface area contributed by atoms with Crippen molar-refractivity contribution >= 4 is 46.4 Å². The van der Waals surface area contributed by atoms with Gasteiger partial charge >= 0.3 is 5.97 Å². The number of aromatic nitrogens is 1. The van der Waals surface area contributed by atoms with E-state index in [9.17, 15) is 33.9 Å². The van der Waals surface area contributed by atoms with Gasteiger partial charge in [0.25, 0.3) is 0 Å². The zero-order valence-corrected chi connectivity index (χ0v) is 22.4. The van der Waals surface area contributed by atoms with Crippen LogP contribution in [0, 0.1) is 5.92 Å². The van der Waals surface area contributed by atoms with Crippen LogP contribution in [0.5, 0.6) is 0 Å². The standard InChI is InChI=1S/C26H37N7O7/c1-13(2)9-16(27)23(36)32-19(10-14-12-30-17-6-4-3-5-15(14)17)24(37)33-20(11-22(29)35)25(38)31-18(26(39)40)7-8-21(28)34/h3-6,12-13,16,18-20,30H,7-11,27H2,1-2H3,(H2,28,34)(H2,29,35)(H,31,38)(H,32,36)(H,33,37)(H,39,40)/t16-,18-,19-,20-/m0/s1. The molecule has 11 N–H and O–H groups in total. The SMILES string of the molecule is CC(C)C[C@H](N)C(=O)N[C@@H](Cc1c[nH]c2ccccc12)C(=O)N[C@@H](CC(N)=O)C(=O)N[C@@H](CCC(N)=O)C(=O)O. The van der Waals surface area contributed by atoms with E-state index in [1.807, 2.05) is 38.1 Å². The van der Waals surface area contributed by atoms with Crippen molar-refractivity contribution in [2.24, 2.45) is 23.1 Å². The highest BCUT2D eigenvalue weighted by molar-refractivity contribution is 5.96. The molecule has 218 valence electrons. The Balaban J connectivity index is 2.30. The van der Waals surface area contributed by atoms with E-state index >= 15 is 0 Å². The molecule has 0 radical (unpaired) electrons. The number of hydrogen-bond acceptors (Lipinski definition) is 7. The summed E-state index contributed by atoms with van der Waals surface area (Å²) in [4.78, 5) is 76.6. The van der Waals surface area contributed by atoms with Gasteiger partial charge in [0.1, 0.15) is 18.1 Å². The van der Waals surface area contributed by atoms with Gasteiger partial charge in [-0.05, 0) is 30.4 Å². The van der Waals surface area contributed by atoms with Gasteiger partial charge < -0.3 is 43.2 Å². The average Bonchev–Trinajstić information content (AvgIpc) is 3.27. The zero-order chi connectivity index (χ0) is 30.0. The summed E-state index contributed by atoms with van der Waals surface area (Å²) >= 11 is 0. The third-order valence-corrected chi connectivity index (χ3v) is 6.13. The van der Waals surface area contributed by atoms with Crippen LogP contribution in [-0.4, -0.2) is 69.8 Å². The Labute approximate surface area is 230 Å². The molecule has 1 aromatic heterocycles. The van der Waals surface area contributed by atoms with E-state index in [1.165, 1.54) is 0 Å². The molecular formula is C26H37N7O7. The van der Waals surface area contributed by atoms with E-state index in [0.717, 1.165) is 10.9 Å². The van der Waals surface area contributed by atoms with Gasteiger partial charge in [0.05, 0.1) is 12.5 Å². The van der Waals surface area contributed by atoms with E-state index in [-0.39, 0.29) is 25.2 Å². The fraction of sp³-hybridized carbons (Fsp3) is 0.462. The first-order chi connectivity index (χ1) is 18.8. The number of nitrogens with two attached hydrogens (primary N) is 3. The number of H-pyrrole nitrogens is 1. The van der Waals surface area contributed by atoms with Crippen LogP contribution in [0.4, 0.5) is 0 Å². The lowest BCUT2D eigenvalue weighted by atomic mass is 10.0. The number of carbonyl (C=O) groups is 6. The number of primary amides is 2. The highest BCUT2D eigenvalue weighted by Crippen LogP contribution is 2.19. The molecular weight excluding hydrogens is 522 g/mol. The molecule has 4 atom stereocenters. The van der Waals surface area contributed by atoms with Gasteiger partial charge in [0.2, 0.25) is 29.5 Å². The molecule has 2 aromatic rings. The van der Waals surface area contributed by atoms with Crippen LogP contribution >= 0.6 is 0 Å². The van der Waals surface area contributed by atoms with Crippen molar-refractivity contribution in [1.29, 1.82) is 0 Å². The minimum atomic E-state index is -1.56. The van der Waals surface area contributed by atoms with E-state index in [0.29, 0.717) is 12.0 Å². The van der Waals surface area contributed by atoms with Crippen molar-refractivity contribution in [2.45, 2.75) is 70.1 Å². The first-order valence-electron chi connectivity index (χ1n) is 12.8. The van der Waals surface area contributed by atoms with Crippen LogP contribution in [0.25, 0.3) is 10.9 Å². The van der Waals surface area contributed by atoms with Crippen LogP contribution < -0.4 is 33.2 Å². The predicted molar refractivity (Wildman–Crippen MR) is 145 cm³/mol. The molecule has 0 spiro atoms. The molecule has 2 rings (SSSR count). The monoisotopic (exact) mass is 559 g/mol. The normalized spacial score (nSPS) is 14.1. The lowest BCUT2D eigenvalue weighted by molar-refractivity contribution is -0.142. The number of hydrogen-bond donors (Lipinski definition) is 8. The van der Waals surface area contributed by atoms with Gasteiger partial charge in [-0.2, -0.15) is 0 Å². The van der Waals surface area contributed by atoms with Crippen LogP contribution in [0.2, 0.25) is 0 Å². The molecule has 14 heteroatoms. The second-order valence-electron chi connectivity index (χ2n) is 10.00. The molecule has 14 nitrogen and oxygen atoms in total. The minimum Gasteiger partial charge on any atom is -0.480 e. The number of amides is 5. The number of carboxylic acids is 1. The number of benzene rings is 1. The molecule has 0 bridgehead atoms. The fourth-order valence-corrected chi connectivity index (χ4v) is 4.12. The number of aromatic amines is 1. The number of fused-ring (bicyclic) bond motifs is 1. The molecule has 1 aromatic carbocycles. The van der Waals surface area contributed by atoms with E-state index in [4.69, 9.17) is 17.2 Å². The lowest BCUT2D eigenvalue weighted by Crippen LogP contribution is -2.58. The molecule has 0 aliphatic carbocycles. The number of para-hydroxylation sites is 1. The van der Waals surface area contributed by atoms with Crippen molar-refractivity contribution in [3.63, 3.8) is 0 Å². The molecule has 5 amide bonds. The predicted octanol–water partition coefficient (Wildman–Crippen LogP) is -1.24. The largest absolute Gasteiger partial charge is 0.480 e. The van der Waals surface area contributed by atoms with Crippen molar-refractivity contribution < 1.29 is 33.9 Å². The Hall–Kier alpha value is -4.46. The summed E-state index contributed by atoms with van der Waals surface area (Å²) in [6.45, 7) is 3.79. The maximum atomic E-state index is 13.4. The van der Waals surface area contributed by atoms with Gasteiger partial charge in [-0.3, -0.25) is 24.0 Å². The maximum absolute atomic E-state index is 13.4. The van der Waals surface area contributed by atoms with Gasteiger partial charge in [-0.25, -0.2) is 4.79 Å². The molecule has 40 heavy (non-hydrogen) atoms. The quantitative estimate of drug-likeness (QED) is 0.123. The number of nitrogens with one attached hydrogen (secondary N) is 4. The van der Waals surface area contributed by atoms with Crippen LogP contribution in [0.3, 0.4) is 0 Å². The third kappa shape index (κ3) is 9.69. The molecule has 0 saturated carbocycles. The third-order valence-electron chi connectivity index (χ3n) is 6.13. The first-order valence-corrected chi connectivity index (χ1v) is 12.8. The smallest absolute Gasteiger partial charge is 0.326 e. The summed E-state index contributed by atoms with van der Waals surface area (Å²) in [6.07, 6.45) is 0.786. The Morgan fingerprint density at radius 2 is 1.48 bits per heavy atom. The summed E-state index contributed by atoms with van der Waals surface area (Å²) in [6, 6.07) is 2.15. The topological polar surface area (TPSA) is 253 Å². The molecule has 1 heterocycles. The molecule has 0 unspecified atom stereocenters. The summed E-state index contributed by atoms with van der Waals surface area (Å²) in [5, 5.41) is 17.4. The summed E-state index contributed by atoms with van der Waals surface area (Å²) < 4.78 is 0. The highest BCUT2D eigenvalue weighted by Gasteiger charge is 2.32. The van der Waals surface area contributed by atoms with Crippen LogP contribution in [0.1, 0.15) is 45.1 Å². The summed E-state index contributed by atoms with van der Waals surface area (Å²) in [7, 11) is 0. The Kier molecular flexibility index (Phi) is 11.6. The van der Waals surface area contributed by atoms with Gasteiger partial charge in [0, 0.05) is 29.9 Å². The van der Waals surface area contributed by atoms with Crippen molar-refractivity contribution in [3.8, 4) is 0 Å². The average molecular weight is 560 g/mol. The second kappa shape index (κ2) is 14.6. The number of carboxylic acid groups (broad SMARTS) is 1. The first kappa shape index (κ1) is 31.8. The van der Waals surface area contributed by atoms with Gasteiger partial charge in [0.15, 0.2) is 0 Å². The Morgan fingerprint density at radius 1 is 0.875 bits per heavy atom. The van der Waals surface area contributed by atoms with E-state index in [2.05, 4.69) is 20.9 Å². The molecule has 0 saturated heterocycles. The Bertz CT molecular complexity index is 1240. The number of aliphatic carboxylic acids is 1. The minimum absolute atomic E-state index is 0.0112. The van der Waals surface area contributed by atoms with Gasteiger partial charge in [-0.1, -0.05) is 32.0 Å². The summed E-state index contributed by atoms with van der Waals surface area (Å²) in [5.74, 6) is -5.46. The van der Waals surface area contributed by atoms with E-state index in [1.54, 1.807) is 6.20 Å². The highest BCUT2D eigenvalue weighted by atomic mass is 16.4. The number of rotatable bonds is 16. The summed E-state index contributed by atoms with van der Waals surface area (Å²) in [5.41, 5.74) is 17.9. The molecule has 0 aliphatic rings. The Morgan fingerprint density at radius 3 is 2.08 bits per heavy atom. The van der Waals surface area contributed by atoms with Crippen LogP contribution in [-0.2, 0) is 35.2 Å². The van der Waals surface area contributed by atoms with E-state index < -0.39 is 66.1 Å². The van der Waals surface area contributed by atoms with Crippen molar-refractivity contribution in [2.75, 3.05) is 0 Å². The molecule has 0 aliphatic heterocycles. The van der Waals surface area contributed by atoms with Crippen molar-refractivity contribution in [1.82, 2.24) is 20.9 Å². The van der Waals surface area contributed by atoms with Crippen LogP contribution in [0.15, 0.2) is 30.5 Å². The van der Waals surface area contributed by atoms with Crippen molar-refractivity contribution in [3.05, 3.63) is 36.0 Å². The lowest BCUT2D eigenvalue weighted by Gasteiger charge is -2.25. The zero-order valence-electron chi connectivity index (χ0n) is 22.4. The van der Waals surface area contributed by atoms with Gasteiger partial charge in [-0.15, -0.1) is 0 Å².